The fourth-order valence-corrected chi connectivity index (χ4v) is 3.41. The third kappa shape index (κ3) is 5.60. The third-order valence-corrected chi connectivity index (χ3v) is 5.07. The number of benzene rings is 1. The summed E-state index contributed by atoms with van der Waals surface area (Å²) in [6, 6.07) is 6.24. The number of carbonyl (C=O) groups is 1. The van der Waals surface area contributed by atoms with Crippen molar-refractivity contribution >= 4 is 11.6 Å². The number of rotatable bonds is 8. The van der Waals surface area contributed by atoms with Crippen LogP contribution in [0.3, 0.4) is 0 Å². The van der Waals surface area contributed by atoms with Gasteiger partial charge >= 0.3 is 0 Å². The van der Waals surface area contributed by atoms with Gasteiger partial charge in [-0.25, -0.2) is 0 Å². The van der Waals surface area contributed by atoms with Crippen molar-refractivity contribution in [3.8, 4) is 11.5 Å². The SMILES string of the molecule is C/C(=N/OCC(=O)NCCCN1CCCC[C@H]1C)c1ccc2c(c1)OCO2. The second-order valence-electron chi connectivity index (χ2n) is 7.10. The molecule has 0 aromatic heterocycles. The number of oxime groups is 1. The number of fused-ring (bicyclic) bond motifs is 1. The van der Waals surface area contributed by atoms with Gasteiger partial charge < -0.3 is 24.5 Å². The Hall–Kier alpha value is -2.28. The molecule has 0 radical (unpaired) electrons. The number of nitrogens with one attached hydrogen (secondary N) is 1. The maximum atomic E-state index is 11.9. The Kier molecular flexibility index (Phi) is 6.92. The van der Waals surface area contributed by atoms with Gasteiger partial charge in [-0.05, 0) is 57.9 Å². The maximum absolute atomic E-state index is 11.9. The van der Waals surface area contributed by atoms with Gasteiger partial charge in [0.15, 0.2) is 18.1 Å². The van der Waals surface area contributed by atoms with Crippen molar-refractivity contribution in [1.82, 2.24) is 10.2 Å². The van der Waals surface area contributed by atoms with Crippen LogP contribution in [0.2, 0.25) is 0 Å². The van der Waals surface area contributed by atoms with Crippen molar-refractivity contribution < 1.29 is 19.1 Å². The van der Waals surface area contributed by atoms with Gasteiger partial charge in [0.1, 0.15) is 0 Å². The minimum atomic E-state index is -0.149. The molecular weight excluding hydrogens is 346 g/mol. The summed E-state index contributed by atoms with van der Waals surface area (Å²) in [6.45, 7) is 7.14. The lowest BCUT2D eigenvalue weighted by atomic mass is 10.0. The van der Waals surface area contributed by atoms with Gasteiger partial charge in [0, 0.05) is 24.7 Å². The fourth-order valence-electron chi connectivity index (χ4n) is 3.41. The van der Waals surface area contributed by atoms with E-state index in [0.29, 0.717) is 24.0 Å². The Balaban J connectivity index is 1.33. The Morgan fingerprint density at radius 2 is 2.19 bits per heavy atom. The maximum Gasteiger partial charge on any atom is 0.260 e. The first-order valence-corrected chi connectivity index (χ1v) is 9.71. The number of likely N-dealkylation sites (tertiary alicyclic amines) is 1. The van der Waals surface area contributed by atoms with Crippen LogP contribution in [0.5, 0.6) is 11.5 Å². The quantitative estimate of drug-likeness (QED) is 0.429. The van der Waals surface area contributed by atoms with E-state index in [4.69, 9.17) is 14.3 Å². The van der Waals surface area contributed by atoms with Gasteiger partial charge in [-0.3, -0.25) is 4.79 Å². The normalized spacial score (nSPS) is 19.8. The molecule has 2 aliphatic heterocycles. The molecule has 27 heavy (non-hydrogen) atoms. The number of ether oxygens (including phenoxy) is 2. The highest BCUT2D eigenvalue weighted by molar-refractivity contribution is 5.99. The molecule has 0 unspecified atom stereocenters. The summed E-state index contributed by atoms with van der Waals surface area (Å²) in [6.07, 6.45) is 4.85. The van der Waals surface area contributed by atoms with Crippen LogP contribution in [0.25, 0.3) is 0 Å². The van der Waals surface area contributed by atoms with Crippen LogP contribution in [-0.2, 0) is 9.63 Å². The van der Waals surface area contributed by atoms with Gasteiger partial charge in [0.05, 0.1) is 5.71 Å². The van der Waals surface area contributed by atoms with E-state index in [0.717, 1.165) is 24.3 Å². The van der Waals surface area contributed by atoms with E-state index >= 15 is 0 Å². The highest BCUT2D eigenvalue weighted by Crippen LogP contribution is 2.32. The molecule has 1 aromatic carbocycles. The lowest BCUT2D eigenvalue weighted by Crippen LogP contribution is -2.39. The second kappa shape index (κ2) is 9.60. The van der Waals surface area contributed by atoms with Crippen LogP contribution >= 0.6 is 0 Å². The molecule has 148 valence electrons. The monoisotopic (exact) mass is 375 g/mol. The molecule has 1 atom stereocenters. The summed E-state index contributed by atoms with van der Waals surface area (Å²) in [4.78, 5) is 19.6. The first kappa shape index (κ1) is 19.5. The first-order chi connectivity index (χ1) is 13.1. The average Bonchev–Trinajstić information content (AvgIpc) is 3.14. The summed E-state index contributed by atoms with van der Waals surface area (Å²) < 4.78 is 10.6. The molecule has 1 N–H and O–H groups in total. The van der Waals surface area contributed by atoms with Crippen LogP contribution in [0.4, 0.5) is 0 Å². The Morgan fingerprint density at radius 3 is 3.04 bits per heavy atom. The number of carbonyl (C=O) groups excluding carboxylic acids is 1. The van der Waals surface area contributed by atoms with Crippen molar-refractivity contribution in [2.75, 3.05) is 33.0 Å². The number of nitrogens with zero attached hydrogens (tertiary/aromatic N) is 2. The second-order valence-corrected chi connectivity index (χ2v) is 7.10. The molecule has 2 heterocycles. The molecule has 0 aliphatic carbocycles. The van der Waals surface area contributed by atoms with Crippen LogP contribution < -0.4 is 14.8 Å². The summed E-state index contributed by atoms with van der Waals surface area (Å²) in [7, 11) is 0. The molecule has 0 bridgehead atoms. The lowest BCUT2D eigenvalue weighted by Gasteiger charge is -2.33. The molecule has 0 spiro atoms. The number of piperidine rings is 1. The zero-order chi connectivity index (χ0) is 19.1. The third-order valence-electron chi connectivity index (χ3n) is 5.07. The van der Waals surface area contributed by atoms with E-state index in [1.54, 1.807) is 0 Å². The minimum Gasteiger partial charge on any atom is -0.454 e. The van der Waals surface area contributed by atoms with E-state index in [1.807, 2.05) is 25.1 Å². The van der Waals surface area contributed by atoms with E-state index in [9.17, 15) is 4.79 Å². The predicted octanol–water partition coefficient (Wildman–Crippen LogP) is 2.54. The zero-order valence-corrected chi connectivity index (χ0v) is 16.2. The summed E-state index contributed by atoms with van der Waals surface area (Å²) in [5.74, 6) is 1.28. The Labute approximate surface area is 160 Å². The van der Waals surface area contributed by atoms with Gasteiger partial charge in [0.25, 0.3) is 5.91 Å². The van der Waals surface area contributed by atoms with Crippen molar-refractivity contribution in [2.24, 2.45) is 5.16 Å². The zero-order valence-electron chi connectivity index (χ0n) is 16.2. The Morgan fingerprint density at radius 1 is 1.33 bits per heavy atom. The molecule has 7 nitrogen and oxygen atoms in total. The number of hydrogen-bond donors (Lipinski definition) is 1. The van der Waals surface area contributed by atoms with Crippen LogP contribution in [0.15, 0.2) is 23.4 Å². The molecule has 7 heteroatoms. The summed E-state index contributed by atoms with van der Waals surface area (Å²) in [5.41, 5.74) is 1.55. The van der Waals surface area contributed by atoms with E-state index < -0.39 is 0 Å². The van der Waals surface area contributed by atoms with Crippen LogP contribution in [0.1, 0.15) is 45.1 Å². The van der Waals surface area contributed by atoms with E-state index in [2.05, 4.69) is 22.3 Å². The van der Waals surface area contributed by atoms with Gasteiger partial charge in [-0.1, -0.05) is 11.6 Å². The Bertz CT molecular complexity index is 677. The standard InChI is InChI=1S/C20H29N3O4/c1-15-6-3-4-10-23(15)11-5-9-21-20(24)13-27-22-16(2)17-7-8-18-19(12-17)26-14-25-18/h7-8,12,15H,3-6,9-11,13-14H2,1-2H3,(H,21,24)/b22-16-/t15-/m1/s1. The minimum absolute atomic E-state index is 0.0813. The van der Waals surface area contributed by atoms with Crippen molar-refractivity contribution in [3.05, 3.63) is 23.8 Å². The first-order valence-electron chi connectivity index (χ1n) is 9.71. The van der Waals surface area contributed by atoms with Gasteiger partial charge in [-0.2, -0.15) is 0 Å². The molecule has 3 rings (SSSR count). The molecule has 1 fully saturated rings. The molecule has 1 aromatic rings. The molecule has 2 aliphatic rings. The number of amides is 1. The highest BCUT2D eigenvalue weighted by atomic mass is 16.7. The number of hydrogen-bond acceptors (Lipinski definition) is 6. The average molecular weight is 375 g/mol. The van der Waals surface area contributed by atoms with Crippen LogP contribution in [0, 0.1) is 0 Å². The predicted molar refractivity (Wildman–Crippen MR) is 103 cm³/mol. The van der Waals surface area contributed by atoms with Crippen molar-refractivity contribution in [1.29, 1.82) is 0 Å². The summed E-state index contributed by atoms with van der Waals surface area (Å²) in [5, 5.41) is 6.91. The van der Waals surface area contributed by atoms with Crippen molar-refractivity contribution in [2.45, 2.75) is 45.6 Å². The van der Waals surface area contributed by atoms with E-state index in [-0.39, 0.29) is 19.3 Å². The summed E-state index contributed by atoms with van der Waals surface area (Å²) >= 11 is 0. The smallest absolute Gasteiger partial charge is 0.260 e. The molecule has 0 saturated carbocycles. The molecular formula is C20H29N3O4. The molecule has 1 amide bonds. The van der Waals surface area contributed by atoms with Gasteiger partial charge in [-0.15, -0.1) is 0 Å². The van der Waals surface area contributed by atoms with E-state index in [1.165, 1.54) is 25.8 Å². The van der Waals surface area contributed by atoms with Gasteiger partial charge in [0.2, 0.25) is 6.79 Å². The van der Waals surface area contributed by atoms with Crippen LogP contribution in [-0.4, -0.2) is 55.6 Å². The fraction of sp³-hybridized carbons (Fsp3) is 0.600. The topological polar surface area (TPSA) is 72.4 Å². The molecule has 1 saturated heterocycles. The lowest BCUT2D eigenvalue weighted by molar-refractivity contribution is -0.125. The largest absolute Gasteiger partial charge is 0.454 e. The highest BCUT2D eigenvalue weighted by Gasteiger charge is 2.17. The van der Waals surface area contributed by atoms with Crippen molar-refractivity contribution in [3.63, 3.8) is 0 Å².